The van der Waals surface area contributed by atoms with E-state index >= 15 is 0 Å². The molecule has 0 saturated heterocycles. The molecule has 2 heterocycles. The van der Waals surface area contributed by atoms with E-state index in [2.05, 4.69) is 14.9 Å². The number of hydrogen-bond acceptors (Lipinski definition) is 11. The lowest BCUT2D eigenvalue weighted by Crippen LogP contribution is -2.42. The molecular formula is C30H34N6O8. The van der Waals surface area contributed by atoms with Crippen LogP contribution in [0, 0.1) is 10.1 Å². The molecule has 0 spiro atoms. The average molecular weight is 607 g/mol. The van der Waals surface area contributed by atoms with E-state index in [0.717, 1.165) is 11.8 Å². The first-order valence-corrected chi connectivity index (χ1v) is 13.8. The van der Waals surface area contributed by atoms with Crippen LogP contribution in [-0.2, 0) is 29.1 Å². The molecule has 2 aromatic heterocycles. The van der Waals surface area contributed by atoms with Crippen LogP contribution in [0.4, 0.5) is 5.69 Å². The van der Waals surface area contributed by atoms with E-state index in [9.17, 15) is 39.5 Å². The standard InChI is InChI=1S/C30H34N6O8/c37-18-17-34(19-25-4-2-6-28(32-25)30(41)42)15-13-33(12-11-23-7-9-27(10-8-23)36(43)44)14-16-35(21-29(39)40)20-24-3-1-5-26(22-38)31-24/h1-10,18,22H,11-17,19-21H2,(H,39,40)(H,41,42). The zero-order valence-corrected chi connectivity index (χ0v) is 24.0. The van der Waals surface area contributed by atoms with E-state index in [-0.39, 0.29) is 43.3 Å². The van der Waals surface area contributed by atoms with Gasteiger partial charge in [0.05, 0.1) is 29.4 Å². The van der Waals surface area contributed by atoms with Gasteiger partial charge in [0.15, 0.2) is 6.29 Å². The van der Waals surface area contributed by atoms with E-state index < -0.39 is 16.9 Å². The highest BCUT2D eigenvalue weighted by atomic mass is 16.6. The third-order valence-electron chi connectivity index (χ3n) is 6.77. The average Bonchev–Trinajstić information content (AvgIpc) is 3.00. The van der Waals surface area contributed by atoms with Gasteiger partial charge >= 0.3 is 11.9 Å². The largest absolute Gasteiger partial charge is 0.480 e. The van der Waals surface area contributed by atoms with Crippen molar-refractivity contribution in [2.45, 2.75) is 19.5 Å². The fraction of sp³-hybridized carbons (Fsp3) is 0.333. The zero-order chi connectivity index (χ0) is 31.9. The Morgan fingerprint density at radius 3 is 2.02 bits per heavy atom. The van der Waals surface area contributed by atoms with Crippen LogP contribution in [0.2, 0.25) is 0 Å². The van der Waals surface area contributed by atoms with Gasteiger partial charge in [0.1, 0.15) is 17.7 Å². The second-order valence-corrected chi connectivity index (χ2v) is 10.0. The molecule has 14 heteroatoms. The Morgan fingerprint density at radius 1 is 0.795 bits per heavy atom. The number of aromatic carboxylic acids is 1. The van der Waals surface area contributed by atoms with Crippen LogP contribution in [0.1, 0.15) is 37.9 Å². The van der Waals surface area contributed by atoms with Crippen molar-refractivity contribution in [3.63, 3.8) is 0 Å². The maximum absolute atomic E-state index is 11.6. The summed E-state index contributed by atoms with van der Waals surface area (Å²) in [7, 11) is 0. The molecule has 0 aliphatic rings. The molecule has 0 atom stereocenters. The highest BCUT2D eigenvalue weighted by Gasteiger charge is 2.17. The summed E-state index contributed by atoms with van der Waals surface area (Å²) in [5.74, 6) is -2.16. The summed E-state index contributed by atoms with van der Waals surface area (Å²) >= 11 is 0. The predicted octanol–water partition coefficient (Wildman–Crippen LogP) is 2.03. The van der Waals surface area contributed by atoms with Gasteiger partial charge in [0, 0.05) is 57.9 Å². The Hall–Kier alpha value is -4.92. The van der Waals surface area contributed by atoms with Gasteiger partial charge in [-0.3, -0.25) is 29.5 Å². The first kappa shape index (κ1) is 33.6. The van der Waals surface area contributed by atoms with E-state index in [4.69, 9.17) is 0 Å². The number of aldehydes is 2. The number of non-ortho nitro benzene ring substituents is 1. The first-order valence-electron chi connectivity index (χ1n) is 13.8. The van der Waals surface area contributed by atoms with Crippen molar-refractivity contribution in [1.29, 1.82) is 0 Å². The Bertz CT molecular complexity index is 1440. The molecule has 0 aliphatic heterocycles. The Kier molecular flexibility index (Phi) is 13.2. The number of nitro benzene ring substituents is 1. The van der Waals surface area contributed by atoms with Crippen LogP contribution in [0.5, 0.6) is 0 Å². The number of aliphatic carboxylic acids is 1. The second kappa shape index (κ2) is 17.3. The van der Waals surface area contributed by atoms with Crippen molar-refractivity contribution < 1.29 is 34.3 Å². The molecule has 1 aromatic carbocycles. The van der Waals surface area contributed by atoms with Gasteiger partial charge in [-0.15, -0.1) is 0 Å². The fourth-order valence-electron chi connectivity index (χ4n) is 4.52. The summed E-state index contributed by atoms with van der Waals surface area (Å²) in [4.78, 5) is 70.1. The number of nitrogens with zero attached hydrogens (tertiary/aromatic N) is 6. The van der Waals surface area contributed by atoms with Gasteiger partial charge in [-0.2, -0.15) is 0 Å². The Morgan fingerprint density at radius 2 is 1.41 bits per heavy atom. The monoisotopic (exact) mass is 606 g/mol. The minimum absolute atomic E-state index is 0.00717. The Labute approximate surface area is 253 Å². The van der Waals surface area contributed by atoms with Crippen LogP contribution in [-0.4, -0.2) is 110 Å². The molecule has 0 radical (unpaired) electrons. The molecule has 3 rings (SSSR count). The van der Waals surface area contributed by atoms with Crippen molar-refractivity contribution in [2.75, 3.05) is 45.8 Å². The topological polar surface area (TPSA) is 187 Å². The molecule has 0 amide bonds. The van der Waals surface area contributed by atoms with Crippen molar-refractivity contribution in [3.8, 4) is 0 Å². The van der Waals surface area contributed by atoms with Gasteiger partial charge in [-0.25, -0.2) is 14.8 Å². The quantitative estimate of drug-likeness (QED) is 0.108. The SMILES string of the molecule is O=CCN(CCN(CCc1ccc([N+](=O)[O-])cc1)CCN(CC(=O)O)Cc1cccc(C=O)n1)Cc1cccc(C(=O)O)n1. The number of benzene rings is 1. The van der Waals surface area contributed by atoms with Crippen LogP contribution < -0.4 is 0 Å². The third-order valence-corrected chi connectivity index (χ3v) is 6.77. The number of carbonyl (C=O) groups excluding carboxylic acids is 2. The van der Waals surface area contributed by atoms with Gasteiger partial charge in [0.25, 0.3) is 5.69 Å². The predicted molar refractivity (Wildman–Crippen MR) is 158 cm³/mol. The summed E-state index contributed by atoms with van der Waals surface area (Å²) in [6.07, 6.45) is 1.95. The number of pyridine rings is 2. The second-order valence-electron chi connectivity index (χ2n) is 10.0. The summed E-state index contributed by atoms with van der Waals surface area (Å²) in [6.45, 7) is 2.58. The molecule has 0 bridgehead atoms. The molecule has 14 nitrogen and oxygen atoms in total. The van der Waals surface area contributed by atoms with E-state index in [1.54, 1.807) is 47.4 Å². The molecule has 0 unspecified atom stereocenters. The summed E-state index contributed by atoms with van der Waals surface area (Å²) < 4.78 is 0. The number of rotatable bonds is 20. The molecule has 3 aromatic rings. The lowest BCUT2D eigenvalue weighted by atomic mass is 10.1. The van der Waals surface area contributed by atoms with Crippen LogP contribution in [0.25, 0.3) is 0 Å². The number of nitro groups is 1. The van der Waals surface area contributed by atoms with Crippen LogP contribution in [0.15, 0.2) is 60.7 Å². The van der Waals surface area contributed by atoms with Crippen molar-refractivity contribution in [3.05, 3.63) is 99.1 Å². The molecule has 2 N–H and O–H groups in total. The summed E-state index contributed by atoms with van der Waals surface area (Å²) in [5, 5.41) is 29.8. The molecule has 0 saturated carbocycles. The normalized spacial score (nSPS) is 11.2. The van der Waals surface area contributed by atoms with Gasteiger partial charge < -0.3 is 19.9 Å². The zero-order valence-electron chi connectivity index (χ0n) is 24.0. The minimum atomic E-state index is -1.15. The van der Waals surface area contributed by atoms with Crippen molar-refractivity contribution in [2.24, 2.45) is 0 Å². The Balaban J connectivity index is 1.73. The van der Waals surface area contributed by atoms with E-state index in [0.29, 0.717) is 56.8 Å². The summed E-state index contributed by atoms with van der Waals surface area (Å²) in [6, 6.07) is 15.9. The van der Waals surface area contributed by atoms with Gasteiger partial charge in [0.2, 0.25) is 0 Å². The maximum Gasteiger partial charge on any atom is 0.354 e. The molecule has 232 valence electrons. The first-order chi connectivity index (χ1) is 21.2. The smallest absolute Gasteiger partial charge is 0.354 e. The number of aromatic nitrogens is 2. The number of hydrogen-bond donors (Lipinski definition) is 2. The van der Waals surface area contributed by atoms with E-state index in [1.165, 1.54) is 18.2 Å². The number of carboxylic acid groups (broad SMARTS) is 2. The highest BCUT2D eigenvalue weighted by Crippen LogP contribution is 2.13. The maximum atomic E-state index is 11.6. The molecule has 44 heavy (non-hydrogen) atoms. The van der Waals surface area contributed by atoms with Crippen LogP contribution in [0.3, 0.4) is 0 Å². The molecule has 0 aliphatic carbocycles. The molecular weight excluding hydrogens is 572 g/mol. The van der Waals surface area contributed by atoms with Crippen molar-refractivity contribution in [1.82, 2.24) is 24.7 Å². The lowest BCUT2D eigenvalue weighted by Gasteiger charge is -2.29. The van der Waals surface area contributed by atoms with Gasteiger partial charge in [-0.1, -0.05) is 24.3 Å². The number of carboxylic acids is 2. The minimum Gasteiger partial charge on any atom is -0.480 e. The van der Waals surface area contributed by atoms with Crippen LogP contribution >= 0.6 is 0 Å². The van der Waals surface area contributed by atoms with E-state index in [1.807, 2.05) is 4.90 Å². The van der Waals surface area contributed by atoms with Crippen molar-refractivity contribution >= 4 is 30.2 Å². The number of carbonyl (C=O) groups is 4. The highest BCUT2D eigenvalue weighted by molar-refractivity contribution is 5.85. The fourth-order valence-corrected chi connectivity index (χ4v) is 4.52. The van der Waals surface area contributed by atoms with Gasteiger partial charge in [-0.05, 0) is 36.2 Å². The molecule has 0 fully saturated rings. The third kappa shape index (κ3) is 11.4. The lowest BCUT2D eigenvalue weighted by molar-refractivity contribution is -0.384. The summed E-state index contributed by atoms with van der Waals surface area (Å²) in [5.41, 5.74) is 2.10.